The number of aliphatic hydroxyl groups excluding tert-OH is 2. The molecule has 2 atom stereocenters. The fourth-order valence-electron chi connectivity index (χ4n) is 9.87. The van der Waals surface area contributed by atoms with Crippen molar-refractivity contribution in [2.75, 3.05) is 13.2 Å². The van der Waals surface area contributed by atoms with Crippen LogP contribution in [0.4, 0.5) is 0 Å². The summed E-state index contributed by atoms with van der Waals surface area (Å²) in [6.07, 6.45) is 73.6. The molecule has 6 nitrogen and oxygen atoms in total. The molecule has 6 heteroatoms. The van der Waals surface area contributed by atoms with E-state index < -0.39 is 12.1 Å². The molecule has 0 aliphatic heterocycles. The molecule has 0 radical (unpaired) electrons. The molecule has 0 saturated carbocycles. The summed E-state index contributed by atoms with van der Waals surface area (Å²) in [6.45, 7) is 4.92. The first kappa shape index (κ1) is 68.3. The van der Waals surface area contributed by atoms with Crippen molar-refractivity contribution in [3.05, 3.63) is 24.3 Å². The summed E-state index contributed by atoms with van der Waals surface area (Å²) in [5.41, 5.74) is 0. The van der Waals surface area contributed by atoms with E-state index in [1.54, 1.807) is 6.08 Å². The van der Waals surface area contributed by atoms with Crippen LogP contribution < -0.4 is 5.32 Å². The lowest BCUT2D eigenvalue weighted by Gasteiger charge is -2.20. The van der Waals surface area contributed by atoms with Gasteiger partial charge in [-0.05, 0) is 57.8 Å². The monoisotopic (exact) mass is 986 g/mol. The van der Waals surface area contributed by atoms with E-state index in [0.29, 0.717) is 19.4 Å². The van der Waals surface area contributed by atoms with Gasteiger partial charge in [0, 0.05) is 12.8 Å². The van der Waals surface area contributed by atoms with Gasteiger partial charge < -0.3 is 20.3 Å². The van der Waals surface area contributed by atoms with E-state index in [1.165, 1.54) is 263 Å². The molecular weight excluding hydrogens is 863 g/mol. The SMILES string of the molecule is CCCCCCCCCCCCCCCCC/C=C/C(O)C(CO)NC(=O)CCCCCCC/C=C\CCCCCCCCCCCOC(=O)CCCCCCCCCCCCCCCCCCCC. The molecule has 0 heterocycles. The lowest BCUT2D eigenvalue weighted by molar-refractivity contribution is -0.143. The smallest absolute Gasteiger partial charge is 0.305 e. The lowest BCUT2D eigenvalue weighted by atomic mass is 10.0. The van der Waals surface area contributed by atoms with Crippen LogP contribution in [0.5, 0.6) is 0 Å². The predicted octanol–water partition coefficient (Wildman–Crippen LogP) is 19.8. The van der Waals surface area contributed by atoms with Gasteiger partial charge in [-0.15, -0.1) is 0 Å². The van der Waals surface area contributed by atoms with E-state index in [2.05, 4.69) is 31.3 Å². The van der Waals surface area contributed by atoms with Crippen LogP contribution in [0.1, 0.15) is 348 Å². The van der Waals surface area contributed by atoms with Crippen LogP contribution in [0.2, 0.25) is 0 Å². The van der Waals surface area contributed by atoms with Gasteiger partial charge in [-0.25, -0.2) is 0 Å². The molecule has 0 aliphatic carbocycles. The fourth-order valence-corrected chi connectivity index (χ4v) is 9.87. The molecule has 0 spiro atoms. The maximum absolute atomic E-state index is 12.5. The molecule has 0 aliphatic rings. The number of ether oxygens (including phenoxy) is 1. The van der Waals surface area contributed by atoms with Crippen LogP contribution in [0.15, 0.2) is 24.3 Å². The summed E-state index contributed by atoms with van der Waals surface area (Å²) >= 11 is 0. The first-order valence-corrected chi connectivity index (χ1v) is 31.6. The van der Waals surface area contributed by atoms with E-state index in [4.69, 9.17) is 4.74 Å². The highest BCUT2D eigenvalue weighted by Crippen LogP contribution is 2.18. The summed E-state index contributed by atoms with van der Waals surface area (Å²) in [4.78, 5) is 24.6. The van der Waals surface area contributed by atoms with Crippen LogP contribution in [0.3, 0.4) is 0 Å². The zero-order valence-corrected chi connectivity index (χ0v) is 47.3. The molecule has 414 valence electrons. The van der Waals surface area contributed by atoms with Gasteiger partial charge >= 0.3 is 5.97 Å². The molecule has 70 heavy (non-hydrogen) atoms. The predicted molar refractivity (Wildman–Crippen MR) is 306 cm³/mol. The molecular formula is C64H123NO5. The Hall–Kier alpha value is -1.66. The van der Waals surface area contributed by atoms with Crippen molar-refractivity contribution in [3.63, 3.8) is 0 Å². The molecule has 0 bridgehead atoms. The number of hydrogen-bond acceptors (Lipinski definition) is 5. The van der Waals surface area contributed by atoms with Crippen molar-refractivity contribution >= 4 is 11.9 Å². The maximum atomic E-state index is 12.5. The highest BCUT2D eigenvalue weighted by Gasteiger charge is 2.18. The van der Waals surface area contributed by atoms with Gasteiger partial charge in [0.15, 0.2) is 0 Å². The molecule has 0 saturated heterocycles. The number of amides is 1. The number of hydrogen-bond donors (Lipinski definition) is 3. The Balaban J connectivity index is 3.45. The van der Waals surface area contributed by atoms with Crippen molar-refractivity contribution < 1.29 is 24.5 Å². The van der Waals surface area contributed by atoms with Gasteiger partial charge in [0.05, 0.1) is 25.4 Å². The van der Waals surface area contributed by atoms with Gasteiger partial charge in [-0.3, -0.25) is 9.59 Å². The Morgan fingerprint density at radius 3 is 1.01 bits per heavy atom. The average molecular weight is 987 g/mol. The van der Waals surface area contributed by atoms with E-state index in [0.717, 1.165) is 57.8 Å². The first-order valence-electron chi connectivity index (χ1n) is 31.6. The van der Waals surface area contributed by atoms with Crippen molar-refractivity contribution in [2.24, 2.45) is 0 Å². The number of aliphatic hydroxyl groups is 2. The minimum Gasteiger partial charge on any atom is -0.466 e. The minimum absolute atomic E-state index is 0.00698. The van der Waals surface area contributed by atoms with Gasteiger partial charge in [0.2, 0.25) is 5.91 Å². The number of carbonyl (C=O) groups excluding carboxylic acids is 2. The van der Waals surface area contributed by atoms with E-state index in [9.17, 15) is 19.8 Å². The zero-order chi connectivity index (χ0) is 50.7. The molecule has 0 aromatic heterocycles. The highest BCUT2D eigenvalue weighted by molar-refractivity contribution is 5.76. The van der Waals surface area contributed by atoms with Crippen molar-refractivity contribution in [3.8, 4) is 0 Å². The van der Waals surface area contributed by atoms with E-state index in [-0.39, 0.29) is 18.5 Å². The largest absolute Gasteiger partial charge is 0.466 e. The number of allylic oxidation sites excluding steroid dienone is 3. The number of rotatable bonds is 59. The standard InChI is InChI=1S/C64H123NO5/c1-3-5-7-9-11-13-15-17-19-21-26-30-34-38-42-46-50-54-58-64(69)70-59-55-51-47-43-39-35-31-27-23-22-25-29-33-37-41-45-49-53-57-63(68)65-61(60-66)62(67)56-52-48-44-40-36-32-28-24-20-18-16-14-12-10-8-6-4-2/h25,29,52,56,61-62,66-67H,3-24,26-28,30-51,53-55,57-60H2,1-2H3,(H,65,68)/b29-25-,56-52+. The lowest BCUT2D eigenvalue weighted by Crippen LogP contribution is -2.45. The minimum atomic E-state index is -0.853. The number of esters is 1. The summed E-state index contributed by atoms with van der Waals surface area (Å²) in [5, 5.41) is 23.1. The second kappa shape index (κ2) is 59.9. The van der Waals surface area contributed by atoms with Crippen LogP contribution >= 0.6 is 0 Å². The molecule has 3 N–H and O–H groups in total. The molecule has 1 amide bonds. The second-order valence-corrected chi connectivity index (χ2v) is 21.7. The summed E-state index contributed by atoms with van der Waals surface area (Å²) < 4.78 is 5.49. The van der Waals surface area contributed by atoms with Crippen LogP contribution in [0.25, 0.3) is 0 Å². The summed E-state index contributed by atoms with van der Waals surface area (Å²) in [6, 6.07) is -0.638. The molecule has 0 fully saturated rings. The number of nitrogens with one attached hydrogen (secondary N) is 1. The topological polar surface area (TPSA) is 95.9 Å². The third-order valence-electron chi connectivity index (χ3n) is 14.7. The Morgan fingerprint density at radius 1 is 0.386 bits per heavy atom. The van der Waals surface area contributed by atoms with Gasteiger partial charge in [-0.1, -0.05) is 301 Å². The normalized spacial score (nSPS) is 12.7. The third-order valence-corrected chi connectivity index (χ3v) is 14.7. The zero-order valence-electron chi connectivity index (χ0n) is 47.3. The molecule has 0 aromatic rings. The highest BCUT2D eigenvalue weighted by atomic mass is 16.5. The Kier molecular flexibility index (Phi) is 58.5. The second-order valence-electron chi connectivity index (χ2n) is 21.7. The van der Waals surface area contributed by atoms with Crippen molar-refractivity contribution in [1.29, 1.82) is 0 Å². The van der Waals surface area contributed by atoms with Crippen molar-refractivity contribution in [2.45, 2.75) is 360 Å². The summed E-state index contributed by atoms with van der Waals surface area (Å²) in [5.74, 6) is -0.0729. The number of carbonyl (C=O) groups is 2. The van der Waals surface area contributed by atoms with Crippen LogP contribution in [-0.4, -0.2) is 47.4 Å². The number of unbranched alkanes of at least 4 members (excludes halogenated alkanes) is 46. The van der Waals surface area contributed by atoms with Gasteiger partial charge in [0.1, 0.15) is 0 Å². The Labute approximate surface area is 437 Å². The Morgan fingerprint density at radius 2 is 0.671 bits per heavy atom. The average Bonchev–Trinajstić information content (AvgIpc) is 3.36. The van der Waals surface area contributed by atoms with Crippen molar-refractivity contribution in [1.82, 2.24) is 5.32 Å². The van der Waals surface area contributed by atoms with Gasteiger partial charge in [0.25, 0.3) is 0 Å². The Bertz CT molecular complexity index is 1090. The van der Waals surface area contributed by atoms with E-state index in [1.807, 2.05) is 6.08 Å². The third kappa shape index (κ3) is 55.7. The maximum Gasteiger partial charge on any atom is 0.305 e. The first-order chi connectivity index (χ1) is 34.5. The fraction of sp³-hybridized carbons (Fsp3) is 0.906. The van der Waals surface area contributed by atoms with E-state index >= 15 is 0 Å². The molecule has 2 unspecified atom stereocenters. The van der Waals surface area contributed by atoms with Crippen LogP contribution in [-0.2, 0) is 14.3 Å². The quantitative estimate of drug-likeness (QED) is 0.0321. The van der Waals surface area contributed by atoms with Gasteiger partial charge in [-0.2, -0.15) is 0 Å². The molecule has 0 aromatic carbocycles. The van der Waals surface area contributed by atoms with Crippen LogP contribution in [0, 0.1) is 0 Å². The molecule has 0 rings (SSSR count). The summed E-state index contributed by atoms with van der Waals surface area (Å²) in [7, 11) is 0.